The molecule has 1 rings (SSSR count). The summed E-state index contributed by atoms with van der Waals surface area (Å²) in [5.41, 5.74) is 0. The first-order chi connectivity index (χ1) is 5.20. The molecular weight excluding hydrogens is 144 g/mol. The molecule has 1 amide bonds. The van der Waals surface area contributed by atoms with Crippen LogP contribution in [-0.2, 0) is 4.74 Å². The Morgan fingerprint density at radius 1 is 1.64 bits per heavy atom. The summed E-state index contributed by atoms with van der Waals surface area (Å²) in [5, 5.41) is 4.09. The fourth-order valence-electron chi connectivity index (χ4n) is 0.910. The highest BCUT2D eigenvalue weighted by Crippen LogP contribution is 2.08. The van der Waals surface area contributed by atoms with E-state index in [-0.39, 0.29) is 12.3 Å². The Morgan fingerprint density at radius 2 is 2.36 bits per heavy atom. The number of carbonyl (C=O) groups excluding carboxylic acids is 1. The monoisotopic (exact) mass is 157 g/mol. The van der Waals surface area contributed by atoms with Crippen LogP contribution >= 0.6 is 0 Å². The highest BCUT2D eigenvalue weighted by atomic mass is 16.6. The molecule has 1 aliphatic rings. The van der Waals surface area contributed by atoms with Crippen LogP contribution in [0.3, 0.4) is 0 Å². The van der Waals surface area contributed by atoms with E-state index in [1.54, 1.807) is 14.1 Å². The Morgan fingerprint density at radius 3 is 2.82 bits per heavy atom. The predicted octanol–water partition coefficient (Wildman–Crippen LogP) is 0.409. The largest absolute Gasteiger partial charge is 0.429 e. The van der Waals surface area contributed by atoms with Crippen LogP contribution in [0.25, 0.3) is 0 Å². The SMILES string of the molecule is CN(C)C(=O)OC1CCC[N]1. The number of hydrogen-bond acceptors (Lipinski definition) is 2. The number of ether oxygens (including phenoxy) is 1. The molecule has 0 bridgehead atoms. The molecule has 1 heterocycles. The van der Waals surface area contributed by atoms with Gasteiger partial charge in [-0.25, -0.2) is 10.1 Å². The third-order valence-electron chi connectivity index (χ3n) is 1.54. The molecule has 0 aliphatic carbocycles. The van der Waals surface area contributed by atoms with Crippen molar-refractivity contribution >= 4 is 6.09 Å². The summed E-state index contributed by atoms with van der Waals surface area (Å²) in [5.74, 6) is 0. The van der Waals surface area contributed by atoms with Crippen molar-refractivity contribution in [1.82, 2.24) is 10.2 Å². The van der Waals surface area contributed by atoms with Gasteiger partial charge in [-0.1, -0.05) is 0 Å². The van der Waals surface area contributed by atoms with Crippen LogP contribution in [-0.4, -0.2) is 37.9 Å². The molecular formula is C7H13N2O2. The maximum absolute atomic E-state index is 10.9. The van der Waals surface area contributed by atoms with E-state index < -0.39 is 0 Å². The minimum Gasteiger partial charge on any atom is -0.429 e. The summed E-state index contributed by atoms with van der Waals surface area (Å²) >= 11 is 0. The minimum atomic E-state index is -0.305. The van der Waals surface area contributed by atoms with Gasteiger partial charge in [0.05, 0.1) is 0 Å². The van der Waals surface area contributed by atoms with Crippen molar-refractivity contribution in [3.63, 3.8) is 0 Å². The first kappa shape index (κ1) is 8.33. The van der Waals surface area contributed by atoms with E-state index in [2.05, 4.69) is 5.32 Å². The van der Waals surface area contributed by atoms with Gasteiger partial charge in [0.15, 0.2) is 6.23 Å². The summed E-state index contributed by atoms with van der Waals surface area (Å²) in [6.45, 7) is 0.825. The van der Waals surface area contributed by atoms with Gasteiger partial charge in [-0.05, 0) is 6.42 Å². The molecule has 0 saturated carbocycles. The predicted molar refractivity (Wildman–Crippen MR) is 40.2 cm³/mol. The molecule has 0 aromatic carbocycles. The van der Waals surface area contributed by atoms with Crippen molar-refractivity contribution in [2.75, 3.05) is 20.6 Å². The zero-order valence-electron chi connectivity index (χ0n) is 6.91. The van der Waals surface area contributed by atoms with Crippen LogP contribution in [0, 0.1) is 0 Å². The van der Waals surface area contributed by atoms with Crippen molar-refractivity contribution in [3.8, 4) is 0 Å². The summed E-state index contributed by atoms with van der Waals surface area (Å²) in [6.07, 6.45) is 1.41. The first-order valence-corrected chi connectivity index (χ1v) is 3.74. The lowest BCUT2D eigenvalue weighted by atomic mass is 10.4. The topological polar surface area (TPSA) is 43.6 Å². The molecule has 0 aromatic heterocycles. The molecule has 4 nitrogen and oxygen atoms in total. The zero-order valence-corrected chi connectivity index (χ0v) is 6.91. The van der Waals surface area contributed by atoms with Crippen molar-refractivity contribution in [2.24, 2.45) is 0 Å². The lowest BCUT2D eigenvalue weighted by molar-refractivity contribution is 0.0661. The van der Waals surface area contributed by atoms with E-state index in [4.69, 9.17) is 4.74 Å². The highest BCUT2D eigenvalue weighted by molar-refractivity contribution is 5.66. The molecule has 11 heavy (non-hydrogen) atoms. The Bertz CT molecular complexity index is 141. The third-order valence-corrected chi connectivity index (χ3v) is 1.54. The van der Waals surface area contributed by atoms with Gasteiger partial charge in [0.25, 0.3) is 0 Å². The van der Waals surface area contributed by atoms with Crippen molar-refractivity contribution < 1.29 is 9.53 Å². The first-order valence-electron chi connectivity index (χ1n) is 3.74. The van der Waals surface area contributed by atoms with Crippen molar-refractivity contribution in [3.05, 3.63) is 0 Å². The molecule has 1 atom stereocenters. The molecule has 1 radical (unpaired) electrons. The Labute approximate surface area is 66.5 Å². The van der Waals surface area contributed by atoms with Crippen molar-refractivity contribution in [2.45, 2.75) is 19.1 Å². The molecule has 1 fully saturated rings. The van der Waals surface area contributed by atoms with E-state index in [0.29, 0.717) is 0 Å². The van der Waals surface area contributed by atoms with Gasteiger partial charge >= 0.3 is 6.09 Å². The molecule has 63 valence electrons. The summed E-state index contributed by atoms with van der Waals surface area (Å²) in [6, 6.07) is 0. The molecule has 4 heteroatoms. The van der Waals surface area contributed by atoms with E-state index in [9.17, 15) is 4.79 Å². The van der Waals surface area contributed by atoms with Crippen LogP contribution in [0.15, 0.2) is 0 Å². The van der Waals surface area contributed by atoms with E-state index >= 15 is 0 Å². The number of amides is 1. The molecule has 0 N–H and O–H groups in total. The smallest absolute Gasteiger partial charge is 0.410 e. The van der Waals surface area contributed by atoms with Crippen LogP contribution < -0.4 is 5.32 Å². The highest BCUT2D eigenvalue weighted by Gasteiger charge is 2.20. The standard InChI is InChI=1S/C7H13N2O2/c1-9(2)7(10)11-6-4-3-5-8-6/h6H,3-5H2,1-2H3. The van der Waals surface area contributed by atoms with Crippen LogP contribution in [0.2, 0.25) is 0 Å². The zero-order chi connectivity index (χ0) is 8.27. The van der Waals surface area contributed by atoms with Gasteiger partial charge in [-0.2, -0.15) is 0 Å². The number of rotatable bonds is 1. The summed E-state index contributed by atoms with van der Waals surface area (Å²) in [4.78, 5) is 12.4. The van der Waals surface area contributed by atoms with Gasteiger partial charge in [-0.15, -0.1) is 0 Å². The quantitative estimate of drug-likeness (QED) is 0.553. The molecule has 1 unspecified atom stereocenters. The normalized spacial score (nSPS) is 23.3. The second-order valence-corrected chi connectivity index (χ2v) is 2.78. The van der Waals surface area contributed by atoms with Crippen LogP contribution in [0.4, 0.5) is 4.79 Å². The van der Waals surface area contributed by atoms with Gasteiger partial charge in [0, 0.05) is 27.1 Å². The third kappa shape index (κ3) is 2.38. The number of nitrogens with zero attached hydrogens (tertiary/aromatic N) is 2. The number of hydrogen-bond donors (Lipinski definition) is 0. The fraction of sp³-hybridized carbons (Fsp3) is 0.857. The van der Waals surface area contributed by atoms with Gasteiger partial charge in [-0.3, -0.25) is 0 Å². The molecule has 1 saturated heterocycles. The maximum Gasteiger partial charge on any atom is 0.410 e. The lowest BCUT2D eigenvalue weighted by Crippen LogP contribution is -2.30. The second-order valence-electron chi connectivity index (χ2n) is 2.78. The Kier molecular flexibility index (Phi) is 2.70. The van der Waals surface area contributed by atoms with Crippen molar-refractivity contribution in [1.29, 1.82) is 0 Å². The summed E-state index contributed by atoms with van der Waals surface area (Å²) < 4.78 is 4.99. The van der Waals surface area contributed by atoms with Gasteiger partial charge in [0.1, 0.15) is 0 Å². The minimum absolute atomic E-state index is 0.190. The average Bonchev–Trinajstić information content (AvgIpc) is 2.39. The van der Waals surface area contributed by atoms with Gasteiger partial charge < -0.3 is 9.64 Å². The molecule has 0 spiro atoms. The second kappa shape index (κ2) is 3.57. The fourth-order valence-corrected chi connectivity index (χ4v) is 0.910. The van der Waals surface area contributed by atoms with Gasteiger partial charge in [0.2, 0.25) is 0 Å². The van der Waals surface area contributed by atoms with E-state index in [1.807, 2.05) is 0 Å². The van der Waals surface area contributed by atoms with Crippen LogP contribution in [0.1, 0.15) is 12.8 Å². The molecule has 1 aliphatic heterocycles. The maximum atomic E-state index is 10.9. The summed E-state index contributed by atoms with van der Waals surface area (Å²) in [7, 11) is 3.33. The van der Waals surface area contributed by atoms with Crippen LogP contribution in [0.5, 0.6) is 0 Å². The Hall–Kier alpha value is -0.770. The lowest BCUT2D eigenvalue weighted by Gasteiger charge is -2.14. The van der Waals surface area contributed by atoms with E-state index in [1.165, 1.54) is 4.90 Å². The average molecular weight is 157 g/mol. The number of carbonyl (C=O) groups is 1. The van der Waals surface area contributed by atoms with E-state index in [0.717, 1.165) is 19.4 Å². The Balaban J connectivity index is 2.24. The molecule has 0 aromatic rings.